The smallest absolute Gasteiger partial charge is 0.305 e. The van der Waals surface area contributed by atoms with E-state index < -0.39 is 0 Å². The van der Waals surface area contributed by atoms with E-state index in [2.05, 4.69) is 12.2 Å². The van der Waals surface area contributed by atoms with Crippen molar-refractivity contribution in [3.05, 3.63) is 12.2 Å². The van der Waals surface area contributed by atoms with Crippen LogP contribution in [0.2, 0.25) is 0 Å². The zero-order valence-electron chi connectivity index (χ0n) is 9.45. The van der Waals surface area contributed by atoms with E-state index in [1.54, 1.807) is 0 Å². The fraction of sp³-hybridized carbons (Fsp3) is 0.769. The normalized spacial score (nSPS) is 35.9. The van der Waals surface area contributed by atoms with Gasteiger partial charge in [0.1, 0.15) is 0 Å². The molecular formula is C13H20O2. The average Bonchev–Trinajstić information content (AvgIpc) is 2.85. The minimum atomic E-state index is -0.0487. The molecule has 1 fully saturated rings. The van der Waals surface area contributed by atoms with Gasteiger partial charge in [-0.3, -0.25) is 4.79 Å². The third kappa shape index (κ3) is 2.61. The van der Waals surface area contributed by atoms with E-state index in [-0.39, 0.29) is 5.97 Å². The predicted octanol–water partition coefficient (Wildman–Crippen LogP) is 2.93. The molecule has 0 amide bonds. The number of ether oxygens (including phenoxy) is 1. The van der Waals surface area contributed by atoms with Crippen molar-refractivity contribution in [1.29, 1.82) is 0 Å². The first-order chi connectivity index (χ1) is 7.33. The van der Waals surface area contributed by atoms with Crippen LogP contribution in [0.5, 0.6) is 0 Å². The molecule has 0 heterocycles. The maximum absolute atomic E-state index is 11.1. The Bertz CT molecular complexity index is 241. The molecule has 0 aromatic rings. The van der Waals surface area contributed by atoms with Gasteiger partial charge in [-0.2, -0.15) is 0 Å². The molecule has 2 heteroatoms. The molecule has 2 nitrogen and oxygen atoms in total. The van der Waals surface area contributed by atoms with Crippen LogP contribution >= 0.6 is 0 Å². The van der Waals surface area contributed by atoms with Crippen molar-refractivity contribution in [3.63, 3.8) is 0 Å². The van der Waals surface area contributed by atoms with E-state index in [9.17, 15) is 4.79 Å². The van der Waals surface area contributed by atoms with E-state index in [1.807, 2.05) is 6.92 Å². The van der Waals surface area contributed by atoms with E-state index >= 15 is 0 Å². The van der Waals surface area contributed by atoms with Gasteiger partial charge in [0, 0.05) is 6.42 Å². The summed E-state index contributed by atoms with van der Waals surface area (Å²) in [7, 11) is 0. The second-order valence-electron chi connectivity index (χ2n) is 4.65. The summed E-state index contributed by atoms with van der Waals surface area (Å²) in [6.45, 7) is 2.52. The number of hydrogen-bond acceptors (Lipinski definition) is 2. The summed E-state index contributed by atoms with van der Waals surface area (Å²) in [5.41, 5.74) is 0. The summed E-state index contributed by atoms with van der Waals surface area (Å²) < 4.78 is 5.23. The average molecular weight is 208 g/mol. The lowest BCUT2D eigenvalue weighted by atomic mass is 10.1. The highest BCUT2D eigenvalue weighted by Crippen LogP contribution is 2.52. The molecule has 0 spiro atoms. The van der Waals surface area contributed by atoms with Crippen molar-refractivity contribution in [2.75, 3.05) is 6.61 Å². The van der Waals surface area contributed by atoms with E-state index in [1.165, 1.54) is 25.7 Å². The Hall–Kier alpha value is -0.790. The fourth-order valence-electron chi connectivity index (χ4n) is 2.73. The lowest BCUT2D eigenvalue weighted by Gasteiger charge is -2.01. The predicted molar refractivity (Wildman–Crippen MR) is 59.3 cm³/mol. The molecule has 0 aromatic heterocycles. The third-order valence-electron chi connectivity index (χ3n) is 3.73. The van der Waals surface area contributed by atoms with Crippen molar-refractivity contribution < 1.29 is 9.53 Å². The monoisotopic (exact) mass is 208 g/mol. The van der Waals surface area contributed by atoms with E-state index in [4.69, 9.17) is 4.74 Å². The number of esters is 1. The van der Waals surface area contributed by atoms with Crippen LogP contribution in [0.15, 0.2) is 12.2 Å². The molecule has 0 aromatic carbocycles. The molecular weight excluding hydrogens is 188 g/mol. The molecule has 0 saturated heterocycles. The number of fused-ring (bicyclic) bond motifs is 1. The molecule has 0 N–H and O–H groups in total. The van der Waals surface area contributed by atoms with Crippen LogP contribution in [0.1, 0.15) is 39.0 Å². The van der Waals surface area contributed by atoms with Gasteiger partial charge in [-0.15, -0.1) is 0 Å². The molecule has 2 aliphatic carbocycles. The second kappa shape index (κ2) is 4.82. The maximum atomic E-state index is 11.1. The molecule has 84 valence electrons. The molecule has 3 atom stereocenters. The quantitative estimate of drug-likeness (QED) is 0.526. The van der Waals surface area contributed by atoms with Gasteiger partial charge in [-0.25, -0.2) is 0 Å². The SMILES string of the molecule is CCC(=O)OCC1[C@H]2CC/C=C/CC[C@@H]12. The van der Waals surface area contributed by atoms with Gasteiger partial charge in [0.15, 0.2) is 0 Å². The summed E-state index contributed by atoms with van der Waals surface area (Å²) in [4.78, 5) is 11.1. The Morgan fingerprint density at radius 1 is 1.27 bits per heavy atom. The van der Waals surface area contributed by atoms with Gasteiger partial charge in [0.2, 0.25) is 0 Å². The summed E-state index contributed by atoms with van der Waals surface area (Å²) in [6, 6.07) is 0. The minimum Gasteiger partial charge on any atom is -0.465 e. The Balaban J connectivity index is 1.75. The molecule has 2 rings (SSSR count). The Labute approximate surface area is 91.7 Å². The highest BCUT2D eigenvalue weighted by molar-refractivity contribution is 5.68. The zero-order chi connectivity index (χ0) is 10.7. The first kappa shape index (κ1) is 10.7. The molecule has 1 unspecified atom stereocenters. The van der Waals surface area contributed by atoms with Crippen LogP contribution in [0.25, 0.3) is 0 Å². The molecule has 2 aliphatic rings. The van der Waals surface area contributed by atoms with E-state index in [0.29, 0.717) is 18.9 Å². The lowest BCUT2D eigenvalue weighted by Crippen LogP contribution is -2.06. The van der Waals surface area contributed by atoms with Crippen molar-refractivity contribution in [3.8, 4) is 0 Å². The van der Waals surface area contributed by atoms with Crippen molar-refractivity contribution in [2.45, 2.75) is 39.0 Å². The molecule has 1 saturated carbocycles. The van der Waals surface area contributed by atoms with Crippen molar-refractivity contribution in [2.24, 2.45) is 17.8 Å². The zero-order valence-corrected chi connectivity index (χ0v) is 9.45. The largest absolute Gasteiger partial charge is 0.465 e. The molecule has 0 radical (unpaired) electrons. The van der Waals surface area contributed by atoms with Gasteiger partial charge in [0.05, 0.1) is 6.61 Å². The summed E-state index contributed by atoms with van der Waals surface area (Å²) in [5.74, 6) is 2.28. The second-order valence-corrected chi connectivity index (χ2v) is 4.65. The minimum absolute atomic E-state index is 0.0487. The molecule has 0 aliphatic heterocycles. The number of allylic oxidation sites excluding steroid dienone is 2. The third-order valence-corrected chi connectivity index (χ3v) is 3.73. The highest BCUT2D eigenvalue weighted by Gasteiger charge is 2.49. The van der Waals surface area contributed by atoms with E-state index in [0.717, 1.165) is 11.8 Å². The van der Waals surface area contributed by atoms with Crippen LogP contribution in [0.3, 0.4) is 0 Å². The number of rotatable bonds is 3. The number of carbonyl (C=O) groups excluding carboxylic acids is 1. The maximum Gasteiger partial charge on any atom is 0.305 e. The lowest BCUT2D eigenvalue weighted by molar-refractivity contribution is -0.143. The number of carbonyl (C=O) groups is 1. The molecule has 0 bridgehead atoms. The topological polar surface area (TPSA) is 26.3 Å². The number of hydrogen-bond donors (Lipinski definition) is 0. The Morgan fingerprint density at radius 3 is 2.40 bits per heavy atom. The van der Waals surface area contributed by atoms with Crippen molar-refractivity contribution in [1.82, 2.24) is 0 Å². The van der Waals surface area contributed by atoms with Gasteiger partial charge >= 0.3 is 5.97 Å². The highest BCUT2D eigenvalue weighted by atomic mass is 16.5. The van der Waals surface area contributed by atoms with Gasteiger partial charge in [-0.05, 0) is 43.4 Å². The standard InChI is InChI=1S/C13H20O2/c1-2-13(14)15-9-12-10-7-5-3-4-6-8-11(10)12/h3-4,10-12H,2,5-9H2,1H3/b4-3+/t10-,11+,12?. The summed E-state index contributed by atoms with van der Waals surface area (Å²) in [5, 5.41) is 0. The van der Waals surface area contributed by atoms with Crippen LogP contribution in [-0.2, 0) is 9.53 Å². The summed E-state index contributed by atoms with van der Waals surface area (Å²) in [6.07, 6.45) is 10.1. The van der Waals surface area contributed by atoms with Gasteiger partial charge in [-0.1, -0.05) is 19.1 Å². The fourth-order valence-corrected chi connectivity index (χ4v) is 2.73. The van der Waals surface area contributed by atoms with Crippen LogP contribution in [0.4, 0.5) is 0 Å². The van der Waals surface area contributed by atoms with Crippen LogP contribution < -0.4 is 0 Å². The first-order valence-corrected chi connectivity index (χ1v) is 6.13. The first-order valence-electron chi connectivity index (χ1n) is 6.13. The van der Waals surface area contributed by atoms with Gasteiger partial charge in [0.25, 0.3) is 0 Å². The Kier molecular flexibility index (Phi) is 3.45. The van der Waals surface area contributed by atoms with Crippen LogP contribution in [-0.4, -0.2) is 12.6 Å². The molecule has 15 heavy (non-hydrogen) atoms. The summed E-state index contributed by atoms with van der Waals surface area (Å²) >= 11 is 0. The van der Waals surface area contributed by atoms with Crippen molar-refractivity contribution >= 4 is 5.97 Å². The Morgan fingerprint density at radius 2 is 1.87 bits per heavy atom. The van der Waals surface area contributed by atoms with Gasteiger partial charge < -0.3 is 4.74 Å². The van der Waals surface area contributed by atoms with Crippen LogP contribution in [0, 0.1) is 17.8 Å².